The van der Waals surface area contributed by atoms with Gasteiger partial charge < -0.3 is 15.0 Å². The molecule has 0 aromatic rings. The van der Waals surface area contributed by atoms with Crippen LogP contribution in [-0.2, 0) is 14.3 Å². The van der Waals surface area contributed by atoms with Crippen molar-refractivity contribution in [3.05, 3.63) is 0 Å². The van der Waals surface area contributed by atoms with Gasteiger partial charge in [0.1, 0.15) is 0 Å². The summed E-state index contributed by atoms with van der Waals surface area (Å²) in [5, 5.41) is 3.23. The number of carbonyl (C=O) groups is 2. The van der Waals surface area contributed by atoms with Crippen molar-refractivity contribution in [1.82, 2.24) is 10.2 Å². The lowest BCUT2D eigenvalue weighted by Gasteiger charge is -2.28. The maximum atomic E-state index is 12.1. The Bertz CT molecular complexity index is 275. The molecule has 1 amide bonds. The average Bonchev–Trinajstić information content (AvgIpc) is 2.37. The van der Waals surface area contributed by atoms with Crippen molar-refractivity contribution in [1.29, 1.82) is 0 Å². The SMILES string of the molecule is COC(=O)C(C)CN(C)C(=O)C1CCNCC1. The molecule has 0 aliphatic carbocycles. The van der Waals surface area contributed by atoms with Gasteiger partial charge in [0.25, 0.3) is 0 Å². The molecule has 0 radical (unpaired) electrons. The number of rotatable bonds is 4. The molecule has 1 N–H and O–H groups in total. The predicted molar refractivity (Wildman–Crippen MR) is 64.4 cm³/mol. The molecule has 1 atom stereocenters. The van der Waals surface area contributed by atoms with Gasteiger partial charge in [0.15, 0.2) is 0 Å². The van der Waals surface area contributed by atoms with Crippen LogP contribution in [0.3, 0.4) is 0 Å². The summed E-state index contributed by atoms with van der Waals surface area (Å²) in [7, 11) is 3.12. The van der Waals surface area contributed by atoms with E-state index in [0.717, 1.165) is 25.9 Å². The van der Waals surface area contributed by atoms with Crippen LogP contribution in [0.15, 0.2) is 0 Å². The molecular weight excluding hydrogens is 220 g/mol. The van der Waals surface area contributed by atoms with Crippen LogP contribution in [0.1, 0.15) is 19.8 Å². The first kappa shape index (κ1) is 14.0. The summed E-state index contributed by atoms with van der Waals surface area (Å²) in [5.41, 5.74) is 0. The molecule has 0 spiro atoms. The number of piperidine rings is 1. The zero-order valence-corrected chi connectivity index (χ0v) is 10.9. The van der Waals surface area contributed by atoms with E-state index >= 15 is 0 Å². The molecule has 1 aliphatic heterocycles. The minimum atomic E-state index is -0.269. The van der Waals surface area contributed by atoms with Crippen LogP contribution in [0.4, 0.5) is 0 Å². The Morgan fingerprint density at radius 2 is 2.00 bits per heavy atom. The first-order chi connectivity index (χ1) is 8.06. The Labute approximate surface area is 102 Å². The third-order valence-electron chi connectivity index (χ3n) is 3.22. The molecule has 0 bridgehead atoms. The van der Waals surface area contributed by atoms with Crippen LogP contribution in [0.5, 0.6) is 0 Å². The quantitative estimate of drug-likeness (QED) is 0.718. The van der Waals surface area contributed by atoms with E-state index in [2.05, 4.69) is 10.1 Å². The number of amides is 1. The monoisotopic (exact) mass is 242 g/mol. The fraction of sp³-hybridized carbons (Fsp3) is 0.833. The second-order valence-electron chi connectivity index (χ2n) is 4.67. The molecule has 1 fully saturated rings. The van der Waals surface area contributed by atoms with E-state index < -0.39 is 0 Å². The highest BCUT2D eigenvalue weighted by molar-refractivity contribution is 5.79. The van der Waals surface area contributed by atoms with Crippen molar-refractivity contribution in [2.24, 2.45) is 11.8 Å². The van der Waals surface area contributed by atoms with Gasteiger partial charge in [-0.05, 0) is 25.9 Å². The fourth-order valence-corrected chi connectivity index (χ4v) is 2.16. The number of nitrogens with one attached hydrogen (secondary N) is 1. The number of esters is 1. The van der Waals surface area contributed by atoms with E-state index in [1.54, 1.807) is 18.9 Å². The molecule has 17 heavy (non-hydrogen) atoms. The van der Waals surface area contributed by atoms with Crippen molar-refractivity contribution < 1.29 is 14.3 Å². The smallest absolute Gasteiger partial charge is 0.310 e. The van der Waals surface area contributed by atoms with Gasteiger partial charge in [-0.3, -0.25) is 9.59 Å². The predicted octanol–water partition coefficient (Wildman–Crippen LogP) is 0.254. The van der Waals surface area contributed by atoms with Gasteiger partial charge in [-0.2, -0.15) is 0 Å². The number of carbonyl (C=O) groups excluding carboxylic acids is 2. The Balaban J connectivity index is 2.43. The molecule has 98 valence electrons. The summed E-state index contributed by atoms with van der Waals surface area (Å²) in [4.78, 5) is 25.0. The molecule has 1 unspecified atom stereocenters. The zero-order chi connectivity index (χ0) is 12.8. The minimum Gasteiger partial charge on any atom is -0.469 e. The summed E-state index contributed by atoms with van der Waals surface area (Å²) >= 11 is 0. The van der Waals surface area contributed by atoms with Crippen molar-refractivity contribution in [3.63, 3.8) is 0 Å². The number of methoxy groups -OCH3 is 1. The van der Waals surface area contributed by atoms with Gasteiger partial charge >= 0.3 is 5.97 Å². The lowest BCUT2D eigenvalue weighted by atomic mass is 9.96. The van der Waals surface area contributed by atoms with Crippen LogP contribution >= 0.6 is 0 Å². The Kier molecular flexibility index (Phi) is 5.41. The molecule has 1 rings (SSSR count). The summed E-state index contributed by atoms with van der Waals surface area (Å²) in [5.74, 6) is -0.293. The van der Waals surface area contributed by atoms with Gasteiger partial charge in [0.2, 0.25) is 5.91 Å². The van der Waals surface area contributed by atoms with Gasteiger partial charge in [-0.15, -0.1) is 0 Å². The number of nitrogens with zero attached hydrogens (tertiary/aromatic N) is 1. The first-order valence-electron chi connectivity index (χ1n) is 6.09. The summed E-state index contributed by atoms with van der Waals surface area (Å²) in [6.07, 6.45) is 1.77. The lowest BCUT2D eigenvalue weighted by molar-refractivity contribution is -0.146. The molecule has 5 heteroatoms. The molecule has 0 aromatic heterocycles. The van der Waals surface area contributed by atoms with Crippen LogP contribution in [0, 0.1) is 11.8 Å². The van der Waals surface area contributed by atoms with Crippen LogP contribution < -0.4 is 5.32 Å². The largest absolute Gasteiger partial charge is 0.469 e. The minimum absolute atomic E-state index is 0.103. The van der Waals surface area contributed by atoms with Crippen LogP contribution in [0.25, 0.3) is 0 Å². The highest BCUT2D eigenvalue weighted by atomic mass is 16.5. The lowest BCUT2D eigenvalue weighted by Crippen LogP contribution is -2.41. The van der Waals surface area contributed by atoms with Crippen molar-refractivity contribution in [3.8, 4) is 0 Å². The van der Waals surface area contributed by atoms with E-state index in [4.69, 9.17) is 0 Å². The van der Waals surface area contributed by atoms with Crippen LogP contribution in [0.2, 0.25) is 0 Å². The molecule has 0 aromatic carbocycles. The Morgan fingerprint density at radius 1 is 1.41 bits per heavy atom. The van der Waals surface area contributed by atoms with Crippen molar-refractivity contribution in [2.45, 2.75) is 19.8 Å². The third-order valence-corrected chi connectivity index (χ3v) is 3.22. The normalized spacial score (nSPS) is 18.5. The van der Waals surface area contributed by atoms with Crippen molar-refractivity contribution >= 4 is 11.9 Å². The van der Waals surface area contributed by atoms with Gasteiger partial charge in [-0.25, -0.2) is 0 Å². The summed E-state index contributed by atoms with van der Waals surface area (Å²) in [6.45, 7) is 4.00. The van der Waals surface area contributed by atoms with E-state index in [9.17, 15) is 9.59 Å². The van der Waals surface area contributed by atoms with Gasteiger partial charge in [-0.1, -0.05) is 6.92 Å². The maximum absolute atomic E-state index is 12.1. The molecule has 1 aliphatic rings. The standard InChI is InChI=1S/C12H22N2O3/c1-9(12(16)17-3)8-14(2)11(15)10-4-6-13-7-5-10/h9-10,13H,4-8H2,1-3H3. The molecule has 1 saturated heterocycles. The average molecular weight is 242 g/mol. The number of ether oxygens (including phenoxy) is 1. The number of hydrogen-bond acceptors (Lipinski definition) is 4. The topological polar surface area (TPSA) is 58.6 Å². The highest BCUT2D eigenvalue weighted by Gasteiger charge is 2.26. The van der Waals surface area contributed by atoms with E-state index in [0.29, 0.717) is 6.54 Å². The Morgan fingerprint density at radius 3 is 2.53 bits per heavy atom. The highest BCUT2D eigenvalue weighted by Crippen LogP contribution is 2.15. The van der Waals surface area contributed by atoms with E-state index in [1.165, 1.54) is 7.11 Å². The molecule has 0 saturated carbocycles. The summed E-state index contributed by atoms with van der Waals surface area (Å²) < 4.78 is 4.65. The van der Waals surface area contributed by atoms with Gasteiger partial charge in [0.05, 0.1) is 13.0 Å². The zero-order valence-electron chi connectivity index (χ0n) is 10.9. The molecule has 1 heterocycles. The second-order valence-corrected chi connectivity index (χ2v) is 4.67. The number of hydrogen-bond donors (Lipinski definition) is 1. The molecular formula is C12H22N2O3. The molecule has 5 nitrogen and oxygen atoms in total. The van der Waals surface area contributed by atoms with Crippen LogP contribution in [-0.4, -0.2) is 50.6 Å². The van der Waals surface area contributed by atoms with Gasteiger partial charge in [0, 0.05) is 19.5 Å². The maximum Gasteiger partial charge on any atom is 0.310 e. The van der Waals surface area contributed by atoms with Crippen molar-refractivity contribution in [2.75, 3.05) is 33.8 Å². The fourth-order valence-electron chi connectivity index (χ4n) is 2.16. The van der Waals surface area contributed by atoms with E-state index in [1.807, 2.05) is 0 Å². The third kappa shape index (κ3) is 4.00. The van der Waals surface area contributed by atoms with E-state index in [-0.39, 0.29) is 23.7 Å². The first-order valence-corrected chi connectivity index (χ1v) is 6.09. The summed E-state index contributed by atoms with van der Waals surface area (Å²) in [6, 6.07) is 0. The Hall–Kier alpha value is -1.10. The second kappa shape index (κ2) is 6.59.